The number of aromatic nitrogens is 1. The molecule has 3 rings (SSSR count). The van der Waals surface area contributed by atoms with Gasteiger partial charge in [-0.3, -0.25) is 24.0 Å². The maximum Gasteiger partial charge on any atom is 0.326 e. The van der Waals surface area contributed by atoms with Gasteiger partial charge in [-0.05, 0) is 29.3 Å². The lowest BCUT2D eigenvalue weighted by Crippen LogP contribution is -2.60. The average molecular weight is 657 g/mol. The summed E-state index contributed by atoms with van der Waals surface area (Å²) in [4.78, 5) is 77.7. The zero-order valence-electron chi connectivity index (χ0n) is 24.9. The van der Waals surface area contributed by atoms with E-state index in [1.165, 1.54) is 24.3 Å². The Balaban J connectivity index is 1.79. The number of amides is 4. The fourth-order valence-electron chi connectivity index (χ4n) is 4.56. The van der Waals surface area contributed by atoms with Crippen LogP contribution in [0.2, 0.25) is 0 Å². The first-order valence-electron chi connectivity index (χ1n) is 14.3. The molecule has 0 unspecified atom stereocenters. The summed E-state index contributed by atoms with van der Waals surface area (Å²) in [6.07, 6.45) is 0.478. The van der Waals surface area contributed by atoms with Crippen molar-refractivity contribution in [1.82, 2.24) is 26.3 Å². The summed E-state index contributed by atoms with van der Waals surface area (Å²) in [5.41, 5.74) is 7.27. The quantitative estimate of drug-likeness (QED) is 0.0717. The van der Waals surface area contributed by atoms with Crippen molar-refractivity contribution in [3.05, 3.63) is 65.9 Å². The van der Waals surface area contributed by atoms with Crippen LogP contribution >= 0.6 is 0 Å². The molecule has 0 spiro atoms. The predicted molar refractivity (Wildman–Crippen MR) is 164 cm³/mol. The van der Waals surface area contributed by atoms with Crippen LogP contribution in [0.15, 0.2) is 54.7 Å². The van der Waals surface area contributed by atoms with Crippen molar-refractivity contribution in [1.29, 1.82) is 0 Å². The second kappa shape index (κ2) is 16.7. The van der Waals surface area contributed by atoms with E-state index in [1.807, 2.05) is 0 Å². The number of carboxylic acids is 2. The normalized spacial score (nSPS) is 14.2. The number of carbonyl (C=O) groups excluding carboxylic acids is 4. The van der Waals surface area contributed by atoms with Gasteiger partial charge in [0.05, 0.1) is 25.7 Å². The van der Waals surface area contributed by atoms with Crippen LogP contribution in [0.5, 0.6) is 5.75 Å². The molecule has 0 bridgehead atoms. The Bertz CT molecular complexity index is 1590. The number of aliphatic carboxylic acids is 2. The summed E-state index contributed by atoms with van der Waals surface area (Å²) in [7, 11) is 0. The Hall–Kier alpha value is -5.52. The summed E-state index contributed by atoms with van der Waals surface area (Å²) in [5.74, 6) is -6.93. The number of phenolic OH excluding ortho intramolecular Hbond substituents is 1. The van der Waals surface area contributed by atoms with Crippen molar-refractivity contribution in [3.63, 3.8) is 0 Å². The number of aliphatic hydroxyl groups excluding tert-OH is 2. The highest BCUT2D eigenvalue weighted by Crippen LogP contribution is 2.19. The van der Waals surface area contributed by atoms with Gasteiger partial charge in [-0.25, -0.2) is 4.79 Å². The summed E-state index contributed by atoms with van der Waals surface area (Å²) < 4.78 is 0. The zero-order valence-corrected chi connectivity index (χ0v) is 24.9. The van der Waals surface area contributed by atoms with E-state index in [2.05, 4.69) is 26.3 Å². The van der Waals surface area contributed by atoms with Gasteiger partial charge >= 0.3 is 11.9 Å². The van der Waals surface area contributed by atoms with E-state index in [9.17, 15) is 49.2 Å². The third-order valence-corrected chi connectivity index (χ3v) is 7.09. The molecule has 0 saturated carbocycles. The molecule has 3 aromatic rings. The lowest BCUT2D eigenvalue weighted by Gasteiger charge is -2.25. The fraction of sp³-hybridized carbons (Fsp3) is 0.333. The second-order valence-corrected chi connectivity index (χ2v) is 10.6. The molecule has 1 heterocycles. The highest BCUT2D eigenvalue weighted by Gasteiger charge is 2.32. The number of carbonyl (C=O) groups is 6. The third-order valence-electron chi connectivity index (χ3n) is 7.09. The number of carboxylic acid groups (broad SMARTS) is 2. The molecule has 12 N–H and O–H groups in total. The maximum atomic E-state index is 13.5. The van der Waals surface area contributed by atoms with Crippen molar-refractivity contribution in [2.24, 2.45) is 5.73 Å². The van der Waals surface area contributed by atoms with Crippen LogP contribution in [0.3, 0.4) is 0 Å². The van der Waals surface area contributed by atoms with Crippen molar-refractivity contribution in [3.8, 4) is 5.75 Å². The molecule has 17 heteroatoms. The molecule has 0 aliphatic rings. The monoisotopic (exact) mass is 656 g/mol. The molecule has 0 saturated heterocycles. The van der Waals surface area contributed by atoms with Crippen LogP contribution in [-0.4, -0.2) is 110 Å². The first-order chi connectivity index (χ1) is 22.3. The van der Waals surface area contributed by atoms with Gasteiger partial charge in [0.15, 0.2) is 0 Å². The van der Waals surface area contributed by atoms with Gasteiger partial charge in [-0.1, -0.05) is 30.3 Å². The van der Waals surface area contributed by atoms with E-state index >= 15 is 0 Å². The number of aliphatic hydroxyl groups is 2. The van der Waals surface area contributed by atoms with Crippen LogP contribution in [0.4, 0.5) is 0 Å². The molecule has 1 aromatic heterocycles. The molecular weight excluding hydrogens is 620 g/mol. The largest absolute Gasteiger partial charge is 0.508 e. The molecule has 4 amide bonds. The first-order valence-corrected chi connectivity index (χ1v) is 14.3. The second-order valence-electron chi connectivity index (χ2n) is 10.6. The number of nitrogens with one attached hydrogen (secondary N) is 5. The Morgan fingerprint density at radius 2 is 1.23 bits per heavy atom. The lowest BCUT2D eigenvalue weighted by atomic mass is 10.0. The Labute approximate surface area is 267 Å². The number of aromatic amines is 1. The van der Waals surface area contributed by atoms with Crippen molar-refractivity contribution in [2.75, 3.05) is 13.2 Å². The van der Waals surface area contributed by atoms with Crippen molar-refractivity contribution < 1.29 is 54.3 Å². The fourth-order valence-corrected chi connectivity index (χ4v) is 4.56. The Morgan fingerprint density at radius 1 is 0.702 bits per heavy atom. The van der Waals surface area contributed by atoms with Gasteiger partial charge in [-0.2, -0.15) is 0 Å². The number of rotatable bonds is 17. The number of aromatic hydroxyl groups is 1. The van der Waals surface area contributed by atoms with E-state index < -0.39 is 85.4 Å². The number of hydrogen-bond donors (Lipinski definition) is 11. The number of H-pyrrole nitrogens is 1. The van der Waals surface area contributed by atoms with E-state index in [0.29, 0.717) is 22.0 Å². The van der Waals surface area contributed by atoms with E-state index in [1.54, 1.807) is 30.5 Å². The highest BCUT2D eigenvalue weighted by molar-refractivity contribution is 5.96. The van der Waals surface area contributed by atoms with Crippen LogP contribution in [0.25, 0.3) is 10.9 Å². The maximum absolute atomic E-state index is 13.5. The number of nitrogens with two attached hydrogens (primary N) is 1. The molecule has 47 heavy (non-hydrogen) atoms. The number of para-hydroxylation sites is 1. The van der Waals surface area contributed by atoms with E-state index in [0.717, 1.165) is 0 Å². The third kappa shape index (κ3) is 10.2. The molecule has 0 radical (unpaired) electrons. The molecular formula is C30H36N6O11. The van der Waals surface area contributed by atoms with Gasteiger partial charge in [-0.15, -0.1) is 0 Å². The van der Waals surface area contributed by atoms with Crippen LogP contribution in [0.1, 0.15) is 17.5 Å². The smallest absolute Gasteiger partial charge is 0.326 e. The first kappa shape index (κ1) is 36.0. The van der Waals surface area contributed by atoms with Gasteiger partial charge in [0.25, 0.3) is 0 Å². The molecule has 5 atom stereocenters. The highest BCUT2D eigenvalue weighted by atomic mass is 16.4. The number of fused-ring (bicyclic) bond motifs is 1. The van der Waals surface area contributed by atoms with Gasteiger partial charge in [0.2, 0.25) is 23.6 Å². The summed E-state index contributed by atoms with van der Waals surface area (Å²) in [6, 6.07) is 4.87. The SMILES string of the molecule is N[C@@H](CC(=O)O)C(=O)N[C@@H](CO)C(=O)N[C@@H](Cc1c[nH]c2ccccc12)C(=O)N[C@@H](CO)C(=O)N[C@@H](Cc1ccc(O)cc1)C(=O)O. The minimum absolute atomic E-state index is 0.0450. The van der Waals surface area contributed by atoms with Gasteiger partial charge in [0.1, 0.15) is 29.9 Å². The summed E-state index contributed by atoms with van der Waals surface area (Å²) in [5, 5.41) is 57.5. The molecule has 252 valence electrons. The van der Waals surface area contributed by atoms with Crippen LogP contribution in [-0.2, 0) is 41.6 Å². The number of hydrogen-bond acceptors (Lipinski definition) is 10. The molecule has 2 aromatic carbocycles. The van der Waals surface area contributed by atoms with E-state index in [4.69, 9.17) is 10.8 Å². The summed E-state index contributed by atoms with van der Waals surface area (Å²) >= 11 is 0. The molecule has 17 nitrogen and oxygen atoms in total. The van der Waals surface area contributed by atoms with E-state index in [-0.39, 0.29) is 18.6 Å². The lowest BCUT2D eigenvalue weighted by molar-refractivity contribution is -0.142. The zero-order chi connectivity index (χ0) is 34.7. The molecule has 0 aliphatic heterocycles. The average Bonchev–Trinajstić information content (AvgIpc) is 3.44. The van der Waals surface area contributed by atoms with Crippen molar-refractivity contribution in [2.45, 2.75) is 49.5 Å². The Kier molecular flexibility index (Phi) is 12.8. The topological polar surface area (TPSA) is 294 Å². The van der Waals surface area contributed by atoms with Crippen LogP contribution in [0, 0.1) is 0 Å². The Morgan fingerprint density at radius 3 is 1.81 bits per heavy atom. The van der Waals surface area contributed by atoms with Crippen molar-refractivity contribution >= 4 is 46.5 Å². The molecule has 0 aliphatic carbocycles. The van der Waals surface area contributed by atoms with Crippen LogP contribution < -0.4 is 27.0 Å². The predicted octanol–water partition coefficient (Wildman–Crippen LogP) is -2.53. The van der Waals surface area contributed by atoms with Gasteiger partial charge < -0.3 is 57.5 Å². The molecule has 0 fully saturated rings. The number of benzene rings is 2. The summed E-state index contributed by atoms with van der Waals surface area (Å²) in [6.45, 7) is -1.90. The minimum atomic E-state index is -1.66. The standard InChI is InChI=1S/C30H36N6O11/c31-19(11-25(40)41)26(42)35-23(13-37)28(44)33-21(10-16-12-32-20-4-2-1-3-18(16)20)27(43)36-24(14-38)29(45)34-22(30(46)47)9-15-5-7-17(39)8-6-15/h1-8,12,19,21-24,32,37-39H,9-11,13-14,31H2,(H,33,44)(H,34,45)(H,35,42)(H,36,43)(H,40,41)(H,46,47)/t19-,21-,22-,23-,24-/m0/s1. The number of phenols is 1. The minimum Gasteiger partial charge on any atom is -0.508 e. The van der Waals surface area contributed by atoms with Gasteiger partial charge in [0, 0.05) is 29.9 Å².